The SMILES string of the molecule is Nc1ccc(-c2cnc([C@@H]3CCc4cc(-c5cc(Cl)ccc5-n5cnnn5)cc(=O)n43)[nH]2)cc1C(=O)O. The molecule has 2 aromatic carbocycles. The quantitative estimate of drug-likeness (QED) is 0.301. The number of anilines is 1. The predicted octanol–water partition coefficient (Wildman–Crippen LogP) is 3.35. The minimum atomic E-state index is -1.10. The third-order valence-corrected chi connectivity index (χ3v) is 6.74. The van der Waals surface area contributed by atoms with Crippen molar-refractivity contribution in [3.8, 4) is 28.1 Å². The molecule has 0 fully saturated rings. The van der Waals surface area contributed by atoms with Crippen LogP contribution in [0.3, 0.4) is 0 Å². The first-order valence-electron chi connectivity index (χ1n) is 11.4. The van der Waals surface area contributed by atoms with Crippen molar-refractivity contribution in [3.05, 3.63) is 93.5 Å². The van der Waals surface area contributed by atoms with Gasteiger partial charge in [0.15, 0.2) is 0 Å². The number of hydrogen-bond acceptors (Lipinski definition) is 7. The number of imidazole rings is 1. The number of carbonyl (C=O) groups is 1. The number of aromatic carboxylic acids is 1. The van der Waals surface area contributed by atoms with Gasteiger partial charge in [-0.25, -0.2) is 9.78 Å². The van der Waals surface area contributed by atoms with E-state index in [1.54, 1.807) is 47.2 Å². The van der Waals surface area contributed by atoms with E-state index < -0.39 is 5.97 Å². The molecule has 0 aliphatic carbocycles. The predicted molar refractivity (Wildman–Crippen MR) is 136 cm³/mol. The molecule has 184 valence electrons. The zero-order valence-electron chi connectivity index (χ0n) is 19.2. The fourth-order valence-electron chi connectivity index (χ4n) is 4.78. The summed E-state index contributed by atoms with van der Waals surface area (Å²) in [5.41, 5.74) is 10.1. The molecule has 0 saturated carbocycles. The van der Waals surface area contributed by atoms with Crippen molar-refractivity contribution in [3.63, 3.8) is 0 Å². The van der Waals surface area contributed by atoms with E-state index in [1.165, 1.54) is 17.1 Å². The Balaban J connectivity index is 1.37. The van der Waals surface area contributed by atoms with Crippen LogP contribution in [0.4, 0.5) is 5.69 Å². The van der Waals surface area contributed by atoms with Crippen LogP contribution < -0.4 is 11.3 Å². The Hall–Kier alpha value is -4.77. The maximum absolute atomic E-state index is 13.4. The summed E-state index contributed by atoms with van der Waals surface area (Å²) >= 11 is 6.28. The van der Waals surface area contributed by atoms with Gasteiger partial charge in [-0.15, -0.1) is 5.10 Å². The van der Waals surface area contributed by atoms with Gasteiger partial charge in [0.25, 0.3) is 5.56 Å². The van der Waals surface area contributed by atoms with Gasteiger partial charge >= 0.3 is 5.97 Å². The van der Waals surface area contributed by atoms with Crippen LogP contribution in [0.1, 0.15) is 34.3 Å². The van der Waals surface area contributed by atoms with Crippen molar-refractivity contribution in [2.45, 2.75) is 18.9 Å². The van der Waals surface area contributed by atoms with Gasteiger partial charge in [-0.3, -0.25) is 4.79 Å². The first-order valence-corrected chi connectivity index (χ1v) is 11.7. The maximum atomic E-state index is 13.4. The van der Waals surface area contributed by atoms with E-state index >= 15 is 0 Å². The molecule has 4 heterocycles. The molecule has 0 saturated heterocycles. The van der Waals surface area contributed by atoms with Crippen molar-refractivity contribution in [2.75, 3.05) is 5.73 Å². The lowest BCUT2D eigenvalue weighted by Gasteiger charge is -2.15. The highest BCUT2D eigenvalue weighted by atomic mass is 35.5. The molecular weight excluding hydrogens is 496 g/mol. The summed E-state index contributed by atoms with van der Waals surface area (Å²) in [6.07, 6.45) is 4.48. The fourth-order valence-corrected chi connectivity index (χ4v) is 4.95. The van der Waals surface area contributed by atoms with E-state index in [2.05, 4.69) is 25.5 Å². The molecule has 12 heteroatoms. The summed E-state index contributed by atoms with van der Waals surface area (Å²) in [6, 6.07) is 13.4. The third kappa shape index (κ3) is 3.95. The number of fused-ring (bicyclic) bond motifs is 1. The van der Waals surface area contributed by atoms with Crippen molar-refractivity contribution in [2.24, 2.45) is 0 Å². The molecule has 0 unspecified atom stereocenters. The average molecular weight is 515 g/mol. The van der Waals surface area contributed by atoms with Crippen LogP contribution in [-0.2, 0) is 6.42 Å². The molecule has 1 atom stereocenters. The highest BCUT2D eigenvalue weighted by Gasteiger charge is 2.28. The smallest absolute Gasteiger partial charge is 0.337 e. The Morgan fingerprint density at radius 3 is 2.78 bits per heavy atom. The van der Waals surface area contributed by atoms with Gasteiger partial charge in [0.2, 0.25) is 0 Å². The first-order chi connectivity index (χ1) is 17.9. The number of hydrogen-bond donors (Lipinski definition) is 3. The normalized spacial score (nSPS) is 14.6. The number of rotatable bonds is 5. The fraction of sp³-hybridized carbons (Fsp3) is 0.120. The number of carboxylic acids is 1. The summed E-state index contributed by atoms with van der Waals surface area (Å²) in [7, 11) is 0. The lowest BCUT2D eigenvalue weighted by atomic mass is 10.0. The summed E-state index contributed by atoms with van der Waals surface area (Å²) < 4.78 is 3.26. The van der Waals surface area contributed by atoms with Gasteiger partial charge in [0, 0.05) is 33.6 Å². The van der Waals surface area contributed by atoms with E-state index in [-0.39, 0.29) is 22.9 Å². The van der Waals surface area contributed by atoms with E-state index in [4.69, 9.17) is 17.3 Å². The Morgan fingerprint density at radius 1 is 1.14 bits per heavy atom. The minimum absolute atomic E-state index is 0.0191. The van der Waals surface area contributed by atoms with Gasteiger partial charge in [0.1, 0.15) is 12.2 Å². The van der Waals surface area contributed by atoms with Gasteiger partial charge in [-0.1, -0.05) is 17.7 Å². The summed E-state index contributed by atoms with van der Waals surface area (Å²) in [5.74, 6) is -0.483. The summed E-state index contributed by atoms with van der Waals surface area (Å²) in [6.45, 7) is 0. The lowest BCUT2D eigenvalue weighted by molar-refractivity contribution is 0.0698. The van der Waals surface area contributed by atoms with Crippen molar-refractivity contribution >= 4 is 23.3 Å². The van der Waals surface area contributed by atoms with E-state index in [0.29, 0.717) is 46.2 Å². The van der Waals surface area contributed by atoms with Crippen LogP contribution in [-0.4, -0.2) is 45.8 Å². The largest absolute Gasteiger partial charge is 0.478 e. The van der Waals surface area contributed by atoms with Crippen molar-refractivity contribution in [1.82, 2.24) is 34.7 Å². The number of nitrogen functional groups attached to an aromatic ring is 1. The first kappa shape index (κ1) is 22.7. The number of halogens is 1. The van der Waals surface area contributed by atoms with Gasteiger partial charge in [-0.2, -0.15) is 4.68 Å². The molecule has 37 heavy (non-hydrogen) atoms. The van der Waals surface area contributed by atoms with E-state index in [0.717, 1.165) is 11.3 Å². The second-order valence-corrected chi connectivity index (χ2v) is 9.14. The highest BCUT2D eigenvalue weighted by Crippen LogP contribution is 2.34. The van der Waals surface area contributed by atoms with Gasteiger partial charge in [0.05, 0.1) is 29.2 Å². The summed E-state index contributed by atoms with van der Waals surface area (Å²) in [5, 5.41) is 21.3. The Labute approximate surface area is 214 Å². The zero-order valence-corrected chi connectivity index (χ0v) is 19.9. The molecular formula is C25H19ClN8O3. The molecule has 1 aliphatic rings. The molecule has 0 bridgehead atoms. The number of aromatic nitrogens is 7. The number of benzene rings is 2. The number of H-pyrrole nitrogens is 1. The number of nitrogens with one attached hydrogen (secondary N) is 1. The van der Waals surface area contributed by atoms with Crippen molar-refractivity contribution < 1.29 is 9.90 Å². The van der Waals surface area contributed by atoms with E-state index in [9.17, 15) is 14.7 Å². The average Bonchev–Trinajstić information content (AvgIpc) is 3.64. The Bertz CT molecular complexity index is 1720. The molecule has 3 aromatic heterocycles. The molecule has 1 aliphatic heterocycles. The third-order valence-electron chi connectivity index (χ3n) is 6.50. The lowest BCUT2D eigenvalue weighted by Crippen LogP contribution is -2.23. The monoisotopic (exact) mass is 514 g/mol. The second kappa shape index (κ2) is 8.71. The molecule has 11 nitrogen and oxygen atoms in total. The maximum Gasteiger partial charge on any atom is 0.337 e. The molecule has 5 aromatic rings. The zero-order chi connectivity index (χ0) is 25.7. The number of carboxylic acid groups (broad SMARTS) is 1. The van der Waals surface area contributed by atoms with Crippen LogP contribution >= 0.6 is 11.6 Å². The molecule has 0 amide bonds. The molecule has 6 rings (SSSR count). The molecule has 0 radical (unpaired) electrons. The molecule has 4 N–H and O–H groups in total. The number of nitrogens with two attached hydrogens (primary N) is 1. The number of pyridine rings is 1. The van der Waals surface area contributed by atoms with Crippen LogP contribution in [0.5, 0.6) is 0 Å². The number of nitrogens with zero attached hydrogens (tertiary/aromatic N) is 6. The topological polar surface area (TPSA) is 158 Å². The van der Waals surface area contributed by atoms with Crippen molar-refractivity contribution in [1.29, 1.82) is 0 Å². The van der Waals surface area contributed by atoms with Crippen LogP contribution in [0.15, 0.2) is 65.8 Å². The van der Waals surface area contributed by atoms with Crippen LogP contribution in [0, 0.1) is 0 Å². The second-order valence-electron chi connectivity index (χ2n) is 8.70. The highest BCUT2D eigenvalue weighted by molar-refractivity contribution is 6.31. The van der Waals surface area contributed by atoms with Crippen LogP contribution in [0.25, 0.3) is 28.1 Å². The number of tetrazole rings is 1. The van der Waals surface area contributed by atoms with Gasteiger partial charge in [-0.05, 0) is 65.2 Å². The standard InChI is InChI=1S/C25H19ClN8O3/c26-15-2-5-21(33-12-29-31-32-33)17(10-15)14-7-16-3-6-22(34(16)23(35)9-14)24-28-11-20(30-24)13-1-4-19(27)18(8-13)25(36)37/h1-2,4-5,7-12,22H,3,6,27H2,(H,28,30)(H,36,37)/t22-/m0/s1. The number of aromatic amines is 1. The minimum Gasteiger partial charge on any atom is -0.478 e. The van der Waals surface area contributed by atoms with E-state index in [1.807, 2.05) is 6.07 Å². The van der Waals surface area contributed by atoms with Gasteiger partial charge < -0.3 is 20.4 Å². The van der Waals surface area contributed by atoms with Crippen LogP contribution in [0.2, 0.25) is 5.02 Å². The number of aryl methyl sites for hydroxylation is 1. The Kier molecular flexibility index (Phi) is 5.34. The summed E-state index contributed by atoms with van der Waals surface area (Å²) in [4.78, 5) is 32.6. The molecule has 0 spiro atoms. The Morgan fingerprint density at radius 2 is 2.00 bits per heavy atom.